The molecule has 2 fully saturated rings. The van der Waals surface area contributed by atoms with E-state index in [9.17, 15) is 17.6 Å². The first-order chi connectivity index (χ1) is 25.2. The minimum atomic E-state index is -2.96. The van der Waals surface area contributed by atoms with E-state index in [1.807, 2.05) is 50.2 Å². The van der Waals surface area contributed by atoms with Crippen molar-refractivity contribution in [3.05, 3.63) is 82.9 Å². The van der Waals surface area contributed by atoms with E-state index in [4.69, 9.17) is 28.3 Å². The van der Waals surface area contributed by atoms with Gasteiger partial charge in [-0.15, -0.1) is 0 Å². The van der Waals surface area contributed by atoms with Gasteiger partial charge in [-0.2, -0.15) is 17.6 Å². The molecule has 2 aliphatic rings. The summed E-state index contributed by atoms with van der Waals surface area (Å²) in [5.74, 6) is 0.926. The van der Waals surface area contributed by atoms with Crippen molar-refractivity contribution in [1.82, 2.24) is 19.8 Å². The van der Waals surface area contributed by atoms with Gasteiger partial charge in [-0.05, 0) is 112 Å². The Bertz CT molecular complexity index is 2080. The number of halogens is 4. The van der Waals surface area contributed by atoms with E-state index in [-0.39, 0.29) is 11.5 Å². The number of hydrogen-bond acceptors (Lipinski definition) is 8. The van der Waals surface area contributed by atoms with Crippen molar-refractivity contribution in [3.63, 3.8) is 0 Å². The van der Waals surface area contributed by atoms with E-state index in [1.165, 1.54) is 12.1 Å². The summed E-state index contributed by atoms with van der Waals surface area (Å²) in [6, 6.07) is 18.3. The van der Waals surface area contributed by atoms with Crippen LogP contribution in [0.25, 0.3) is 56.2 Å². The van der Waals surface area contributed by atoms with E-state index in [0.29, 0.717) is 58.2 Å². The number of nitrogens with zero attached hydrogens (tertiary/aromatic N) is 4. The highest BCUT2D eigenvalue weighted by Crippen LogP contribution is 2.40. The van der Waals surface area contributed by atoms with Crippen molar-refractivity contribution in [1.29, 1.82) is 0 Å². The Morgan fingerprint density at radius 3 is 1.37 bits per heavy atom. The molecule has 6 aromatic rings. The zero-order valence-corrected chi connectivity index (χ0v) is 28.9. The molecule has 8 rings (SSSR count). The van der Waals surface area contributed by atoms with E-state index in [1.54, 1.807) is 12.1 Å². The zero-order chi connectivity index (χ0) is 35.9. The minimum Gasteiger partial charge on any atom is -0.436 e. The van der Waals surface area contributed by atoms with Gasteiger partial charge in [0, 0.05) is 47.5 Å². The van der Waals surface area contributed by atoms with Gasteiger partial charge in [-0.1, -0.05) is 24.3 Å². The first-order valence-electron chi connectivity index (χ1n) is 17.6. The summed E-state index contributed by atoms with van der Waals surface area (Å²) < 4.78 is 75.7. The Balaban J connectivity index is 1.13. The maximum absolute atomic E-state index is 13.4. The molecule has 2 saturated heterocycles. The highest BCUT2D eigenvalue weighted by Gasteiger charge is 2.23. The third-order valence-corrected chi connectivity index (χ3v) is 10.2. The van der Waals surface area contributed by atoms with Gasteiger partial charge >= 0.3 is 13.2 Å². The quantitative estimate of drug-likeness (QED) is 0.123. The standard InChI is InChI=1S/C40H38F4N4O4/c1-23-27(9-7-11-29(23)37-45-31-17-25(21-47-13-3-4-14-47)33(51-39(41)42)19-35(31)49-37)28-10-8-12-30(24(28)2)38-46-32-18-26(22-48-15-5-6-16-48)34(52-40(43)44)20-36(32)50-38/h7-12,17-20,39-40H,3-6,13-16,21-22H2,1-2H3. The molecular formula is C40H38F4N4O4. The lowest BCUT2D eigenvalue weighted by Gasteiger charge is -2.17. The van der Waals surface area contributed by atoms with Gasteiger partial charge < -0.3 is 18.3 Å². The highest BCUT2D eigenvalue weighted by atomic mass is 19.3. The van der Waals surface area contributed by atoms with Gasteiger partial charge in [0.1, 0.15) is 22.5 Å². The number of benzene rings is 4. The van der Waals surface area contributed by atoms with Gasteiger partial charge in [0.15, 0.2) is 11.2 Å². The molecular weight excluding hydrogens is 676 g/mol. The number of hydrogen-bond donors (Lipinski definition) is 0. The highest BCUT2D eigenvalue weighted by molar-refractivity contribution is 5.85. The number of alkyl halides is 4. The van der Waals surface area contributed by atoms with Crippen molar-refractivity contribution in [3.8, 4) is 45.5 Å². The van der Waals surface area contributed by atoms with Crippen molar-refractivity contribution in [2.24, 2.45) is 0 Å². The molecule has 0 spiro atoms. The van der Waals surface area contributed by atoms with Crippen molar-refractivity contribution in [2.75, 3.05) is 26.2 Å². The fourth-order valence-electron chi connectivity index (χ4n) is 7.57. The first kappa shape index (κ1) is 34.2. The van der Waals surface area contributed by atoms with Crippen LogP contribution >= 0.6 is 0 Å². The summed E-state index contributed by atoms with van der Waals surface area (Å²) in [5, 5.41) is 0. The number of rotatable bonds is 11. The molecule has 4 aromatic carbocycles. The molecule has 0 bridgehead atoms. The van der Waals surface area contributed by atoms with Crippen LogP contribution in [0.5, 0.6) is 11.5 Å². The van der Waals surface area contributed by atoms with Gasteiger partial charge in [0.2, 0.25) is 11.8 Å². The average Bonchev–Trinajstić information content (AvgIpc) is 3.93. The van der Waals surface area contributed by atoms with Crippen LogP contribution in [0.15, 0.2) is 69.5 Å². The van der Waals surface area contributed by atoms with Gasteiger partial charge in [0.05, 0.1) is 0 Å². The van der Waals surface area contributed by atoms with Gasteiger partial charge in [0.25, 0.3) is 0 Å². The Morgan fingerprint density at radius 1 is 0.596 bits per heavy atom. The van der Waals surface area contributed by atoms with Crippen LogP contribution in [-0.2, 0) is 13.1 Å². The Labute approximate surface area is 298 Å². The van der Waals surface area contributed by atoms with Crippen LogP contribution in [0.1, 0.15) is 47.9 Å². The molecule has 4 heterocycles. The molecule has 2 aromatic heterocycles. The Kier molecular flexibility index (Phi) is 9.35. The van der Waals surface area contributed by atoms with Crippen LogP contribution in [0.3, 0.4) is 0 Å². The summed E-state index contributed by atoms with van der Waals surface area (Å²) in [7, 11) is 0. The third kappa shape index (κ3) is 6.84. The van der Waals surface area contributed by atoms with E-state index in [2.05, 4.69) is 9.80 Å². The molecule has 0 unspecified atom stereocenters. The number of aromatic nitrogens is 2. The van der Waals surface area contributed by atoms with Crippen LogP contribution < -0.4 is 9.47 Å². The smallest absolute Gasteiger partial charge is 0.387 e. The van der Waals surface area contributed by atoms with Crippen LogP contribution in [-0.4, -0.2) is 59.2 Å². The predicted molar refractivity (Wildman–Crippen MR) is 190 cm³/mol. The number of likely N-dealkylation sites (tertiary alicyclic amines) is 2. The van der Waals surface area contributed by atoms with Crippen LogP contribution in [0.4, 0.5) is 17.6 Å². The monoisotopic (exact) mass is 714 g/mol. The number of ether oxygens (including phenoxy) is 2. The summed E-state index contributed by atoms with van der Waals surface area (Å²) in [6.07, 6.45) is 4.31. The largest absolute Gasteiger partial charge is 0.436 e. The minimum absolute atomic E-state index is 0.0924. The second-order valence-corrected chi connectivity index (χ2v) is 13.6. The fraction of sp³-hybridized carbons (Fsp3) is 0.350. The molecule has 0 atom stereocenters. The van der Waals surface area contributed by atoms with Crippen molar-refractivity contribution >= 4 is 22.2 Å². The summed E-state index contributed by atoms with van der Waals surface area (Å²) in [4.78, 5) is 14.0. The molecule has 0 aliphatic carbocycles. The van der Waals surface area contributed by atoms with E-state index >= 15 is 0 Å². The lowest BCUT2D eigenvalue weighted by molar-refractivity contribution is -0.0513. The normalized spacial score (nSPS) is 15.6. The summed E-state index contributed by atoms with van der Waals surface area (Å²) in [5.41, 5.74) is 8.36. The lowest BCUT2D eigenvalue weighted by Crippen LogP contribution is -2.19. The van der Waals surface area contributed by atoms with Gasteiger partial charge in [-0.3, -0.25) is 9.80 Å². The summed E-state index contributed by atoms with van der Waals surface area (Å²) in [6.45, 7) is 2.68. The molecule has 52 heavy (non-hydrogen) atoms. The van der Waals surface area contributed by atoms with Crippen LogP contribution in [0, 0.1) is 13.8 Å². The molecule has 0 radical (unpaired) electrons. The van der Waals surface area contributed by atoms with Crippen LogP contribution in [0.2, 0.25) is 0 Å². The van der Waals surface area contributed by atoms with Crippen molar-refractivity contribution in [2.45, 2.75) is 65.8 Å². The maximum Gasteiger partial charge on any atom is 0.387 e. The molecule has 0 amide bonds. The average molecular weight is 715 g/mol. The maximum atomic E-state index is 13.4. The van der Waals surface area contributed by atoms with Gasteiger partial charge in [-0.25, -0.2) is 9.97 Å². The lowest BCUT2D eigenvalue weighted by atomic mass is 9.91. The fourth-order valence-corrected chi connectivity index (χ4v) is 7.57. The first-order valence-corrected chi connectivity index (χ1v) is 17.6. The second-order valence-electron chi connectivity index (χ2n) is 13.6. The Morgan fingerprint density at radius 2 is 0.981 bits per heavy atom. The SMILES string of the molecule is Cc1c(-c2nc3cc(CN4CCCC4)c(OC(F)F)cc3o2)cccc1-c1cccc(-c2nc3cc(CN4CCCC4)c(OC(F)F)cc3o2)c1C. The van der Waals surface area contributed by atoms with E-state index in [0.717, 1.165) is 85.2 Å². The topological polar surface area (TPSA) is 77.0 Å². The molecule has 0 saturated carbocycles. The van der Waals surface area contributed by atoms with E-state index < -0.39 is 13.2 Å². The molecule has 2 aliphatic heterocycles. The number of oxazole rings is 2. The molecule has 0 N–H and O–H groups in total. The zero-order valence-electron chi connectivity index (χ0n) is 28.9. The molecule has 8 nitrogen and oxygen atoms in total. The Hall–Kier alpha value is -4.94. The summed E-state index contributed by atoms with van der Waals surface area (Å²) >= 11 is 0. The second kappa shape index (κ2) is 14.2. The predicted octanol–water partition coefficient (Wildman–Crippen LogP) is 9.98. The van der Waals surface area contributed by atoms with Crippen molar-refractivity contribution < 1.29 is 35.9 Å². The molecule has 270 valence electrons. The number of fused-ring (bicyclic) bond motifs is 2. The third-order valence-electron chi connectivity index (χ3n) is 10.2. The molecule has 12 heteroatoms.